The SMILES string of the molecule is COC(=O)c1cc(Cl)c(OCCCCNCC(=O)OC(C)(C)C)c(Cl)c1O. The molecule has 0 heterocycles. The monoisotopic (exact) mass is 421 g/mol. The van der Waals surface area contributed by atoms with Gasteiger partial charge in [0, 0.05) is 0 Å². The van der Waals surface area contributed by atoms with E-state index in [1.54, 1.807) is 0 Å². The molecule has 0 unspecified atom stereocenters. The van der Waals surface area contributed by atoms with E-state index in [2.05, 4.69) is 10.1 Å². The lowest BCUT2D eigenvalue weighted by molar-refractivity contribution is -0.153. The van der Waals surface area contributed by atoms with Crippen LogP contribution in [0.1, 0.15) is 44.0 Å². The maximum atomic E-state index is 11.6. The van der Waals surface area contributed by atoms with E-state index in [0.29, 0.717) is 19.6 Å². The van der Waals surface area contributed by atoms with Crippen molar-refractivity contribution in [2.45, 2.75) is 39.2 Å². The fourth-order valence-corrected chi connectivity index (χ4v) is 2.65. The first-order valence-corrected chi connectivity index (χ1v) is 9.17. The molecular formula is C18H25Cl2NO6. The Kier molecular flexibility index (Phi) is 9.15. The van der Waals surface area contributed by atoms with Gasteiger partial charge in [-0.1, -0.05) is 23.2 Å². The molecule has 2 N–H and O–H groups in total. The van der Waals surface area contributed by atoms with Crippen molar-refractivity contribution in [1.82, 2.24) is 5.32 Å². The predicted octanol–water partition coefficient (Wildman–Crippen LogP) is 3.58. The Morgan fingerprint density at radius 1 is 1.22 bits per heavy atom. The van der Waals surface area contributed by atoms with E-state index in [-0.39, 0.29) is 33.9 Å². The highest BCUT2D eigenvalue weighted by Gasteiger charge is 2.21. The summed E-state index contributed by atoms with van der Waals surface area (Å²) >= 11 is 12.1. The van der Waals surface area contributed by atoms with Gasteiger partial charge < -0.3 is 24.6 Å². The number of esters is 2. The summed E-state index contributed by atoms with van der Waals surface area (Å²) in [5.74, 6) is -1.40. The van der Waals surface area contributed by atoms with E-state index >= 15 is 0 Å². The molecule has 0 aliphatic heterocycles. The number of hydrogen-bond donors (Lipinski definition) is 2. The van der Waals surface area contributed by atoms with E-state index in [9.17, 15) is 14.7 Å². The van der Waals surface area contributed by atoms with Gasteiger partial charge in [-0.3, -0.25) is 4.79 Å². The average Bonchev–Trinajstić information content (AvgIpc) is 2.57. The number of carbonyl (C=O) groups is 2. The number of rotatable bonds is 9. The number of phenolic OH excluding ortho intramolecular Hbond substituents is 1. The molecule has 0 aliphatic carbocycles. The summed E-state index contributed by atoms with van der Waals surface area (Å²) in [6.07, 6.45) is 1.40. The summed E-state index contributed by atoms with van der Waals surface area (Å²) in [4.78, 5) is 23.1. The molecule has 152 valence electrons. The summed E-state index contributed by atoms with van der Waals surface area (Å²) < 4.78 is 15.2. The molecular weight excluding hydrogens is 397 g/mol. The number of nitrogens with one attached hydrogen (secondary N) is 1. The third-order valence-corrected chi connectivity index (χ3v) is 3.87. The molecule has 0 bridgehead atoms. The predicted molar refractivity (Wildman–Crippen MR) is 103 cm³/mol. The second-order valence-corrected chi connectivity index (χ2v) is 7.49. The number of methoxy groups -OCH3 is 1. The number of phenols is 1. The van der Waals surface area contributed by atoms with E-state index < -0.39 is 17.3 Å². The van der Waals surface area contributed by atoms with Crippen LogP contribution in [0.3, 0.4) is 0 Å². The minimum absolute atomic E-state index is 0.0984. The largest absolute Gasteiger partial charge is 0.505 e. The lowest BCUT2D eigenvalue weighted by Gasteiger charge is -2.19. The van der Waals surface area contributed by atoms with Crippen molar-refractivity contribution >= 4 is 35.1 Å². The van der Waals surface area contributed by atoms with Gasteiger partial charge in [-0.05, 0) is 46.2 Å². The van der Waals surface area contributed by atoms with Crippen LogP contribution in [0.15, 0.2) is 6.07 Å². The summed E-state index contributed by atoms with van der Waals surface area (Å²) in [5, 5.41) is 12.9. The highest BCUT2D eigenvalue weighted by molar-refractivity contribution is 6.38. The molecule has 1 aromatic carbocycles. The molecule has 0 radical (unpaired) electrons. The molecule has 0 atom stereocenters. The molecule has 9 heteroatoms. The standard InChI is InChI=1S/C18H25Cl2NO6/c1-18(2,3)27-13(22)10-21-7-5-6-8-26-16-12(19)9-11(17(24)25-4)15(23)14(16)20/h9,21,23H,5-8,10H2,1-4H3. The summed E-state index contributed by atoms with van der Waals surface area (Å²) in [7, 11) is 1.19. The lowest BCUT2D eigenvalue weighted by Crippen LogP contribution is -2.32. The Morgan fingerprint density at radius 3 is 2.48 bits per heavy atom. The van der Waals surface area contributed by atoms with Crippen molar-refractivity contribution < 1.29 is 28.9 Å². The van der Waals surface area contributed by atoms with Gasteiger partial charge in [0.05, 0.1) is 25.3 Å². The molecule has 0 fully saturated rings. The first-order chi connectivity index (χ1) is 12.6. The van der Waals surface area contributed by atoms with Crippen molar-refractivity contribution in [2.24, 2.45) is 0 Å². The van der Waals surface area contributed by atoms with Gasteiger partial charge in [-0.15, -0.1) is 0 Å². The van der Waals surface area contributed by atoms with Gasteiger partial charge in [0.25, 0.3) is 0 Å². The number of hydrogen-bond acceptors (Lipinski definition) is 7. The van der Waals surface area contributed by atoms with Gasteiger partial charge in [-0.25, -0.2) is 4.79 Å². The molecule has 7 nitrogen and oxygen atoms in total. The second-order valence-electron chi connectivity index (χ2n) is 6.71. The zero-order valence-electron chi connectivity index (χ0n) is 15.9. The number of unbranched alkanes of at least 4 members (excludes halogenated alkanes) is 1. The van der Waals surface area contributed by atoms with E-state index in [1.165, 1.54) is 13.2 Å². The van der Waals surface area contributed by atoms with Crippen LogP contribution in [0.4, 0.5) is 0 Å². The van der Waals surface area contributed by atoms with Crippen molar-refractivity contribution in [2.75, 3.05) is 26.8 Å². The Bertz CT molecular complexity index is 673. The van der Waals surface area contributed by atoms with Crippen molar-refractivity contribution in [3.63, 3.8) is 0 Å². The van der Waals surface area contributed by atoms with Crippen LogP contribution < -0.4 is 10.1 Å². The van der Waals surface area contributed by atoms with Crippen molar-refractivity contribution in [3.05, 3.63) is 21.7 Å². The zero-order chi connectivity index (χ0) is 20.6. The topological polar surface area (TPSA) is 94.1 Å². The van der Waals surface area contributed by atoms with Crippen molar-refractivity contribution in [3.8, 4) is 11.5 Å². The average molecular weight is 422 g/mol. The highest BCUT2D eigenvalue weighted by Crippen LogP contribution is 2.42. The first-order valence-electron chi connectivity index (χ1n) is 8.41. The summed E-state index contributed by atoms with van der Waals surface area (Å²) in [6.45, 7) is 6.48. The van der Waals surface area contributed by atoms with Gasteiger partial charge >= 0.3 is 11.9 Å². The maximum absolute atomic E-state index is 11.6. The van der Waals surface area contributed by atoms with Crippen LogP contribution in [0.25, 0.3) is 0 Å². The molecule has 0 spiro atoms. The Morgan fingerprint density at radius 2 is 1.89 bits per heavy atom. The molecule has 0 aliphatic rings. The van der Waals surface area contributed by atoms with Crippen LogP contribution in [0, 0.1) is 0 Å². The minimum atomic E-state index is -0.751. The molecule has 0 saturated heterocycles. The molecule has 1 rings (SSSR count). The van der Waals surface area contributed by atoms with Crippen LogP contribution >= 0.6 is 23.2 Å². The van der Waals surface area contributed by atoms with Gasteiger partial charge in [-0.2, -0.15) is 0 Å². The minimum Gasteiger partial charge on any atom is -0.505 e. The summed E-state index contributed by atoms with van der Waals surface area (Å²) in [6, 6.07) is 1.24. The zero-order valence-corrected chi connectivity index (χ0v) is 17.4. The second kappa shape index (κ2) is 10.6. The number of aromatic hydroxyl groups is 1. The van der Waals surface area contributed by atoms with Gasteiger partial charge in [0.1, 0.15) is 16.2 Å². The van der Waals surface area contributed by atoms with Crippen LogP contribution in [0.2, 0.25) is 10.0 Å². The number of carbonyl (C=O) groups excluding carboxylic acids is 2. The molecule has 27 heavy (non-hydrogen) atoms. The van der Waals surface area contributed by atoms with E-state index in [0.717, 1.165) is 6.42 Å². The molecule has 1 aromatic rings. The first kappa shape index (κ1) is 23.3. The Hall–Kier alpha value is -1.70. The summed E-state index contributed by atoms with van der Waals surface area (Å²) in [5.41, 5.74) is -0.633. The highest BCUT2D eigenvalue weighted by atomic mass is 35.5. The van der Waals surface area contributed by atoms with E-state index in [1.807, 2.05) is 20.8 Å². The van der Waals surface area contributed by atoms with Crippen LogP contribution in [-0.2, 0) is 14.3 Å². The molecule has 0 saturated carbocycles. The fraction of sp³-hybridized carbons (Fsp3) is 0.556. The number of benzene rings is 1. The van der Waals surface area contributed by atoms with E-state index in [4.69, 9.17) is 32.7 Å². The Labute approximate surface area is 168 Å². The number of ether oxygens (including phenoxy) is 3. The smallest absolute Gasteiger partial charge is 0.341 e. The van der Waals surface area contributed by atoms with Gasteiger partial charge in [0.15, 0.2) is 11.5 Å². The molecule has 0 aromatic heterocycles. The Balaban J connectivity index is 2.40. The van der Waals surface area contributed by atoms with Gasteiger partial charge in [0.2, 0.25) is 0 Å². The van der Waals surface area contributed by atoms with Crippen molar-refractivity contribution in [1.29, 1.82) is 0 Å². The third kappa shape index (κ3) is 7.82. The fourth-order valence-electron chi connectivity index (χ4n) is 2.08. The number of halogens is 2. The van der Waals surface area contributed by atoms with Crippen LogP contribution in [-0.4, -0.2) is 49.5 Å². The quantitative estimate of drug-likeness (QED) is 0.464. The normalized spacial score (nSPS) is 11.2. The maximum Gasteiger partial charge on any atom is 0.341 e. The molecule has 0 amide bonds. The lowest BCUT2D eigenvalue weighted by atomic mass is 10.2. The third-order valence-electron chi connectivity index (χ3n) is 3.24. The van der Waals surface area contributed by atoms with Crippen LogP contribution in [0.5, 0.6) is 11.5 Å².